The molecule has 140 valence electrons. The third kappa shape index (κ3) is 5.01. The van der Waals surface area contributed by atoms with Gasteiger partial charge in [0.15, 0.2) is 0 Å². The Labute approximate surface area is 157 Å². The Bertz CT molecular complexity index is 736. The van der Waals surface area contributed by atoms with Crippen molar-refractivity contribution in [1.82, 2.24) is 0 Å². The van der Waals surface area contributed by atoms with Gasteiger partial charge in [0.1, 0.15) is 0 Å². The Balaban J connectivity index is 2.00. The zero-order chi connectivity index (χ0) is 19.1. The highest BCUT2D eigenvalue weighted by molar-refractivity contribution is 5.94. The fraction of sp³-hybridized carbons (Fsp3) is 0.409. The first-order chi connectivity index (χ1) is 12.5. The zero-order valence-electron chi connectivity index (χ0n) is 16.6. The number of carbonyl (C=O) groups is 1. The molecule has 2 aromatic carbocycles. The predicted octanol–water partition coefficient (Wildman–Crippen LogP) is 5.02. The lowest BCUT2D eigenvalue weighted by Crippen LogP contribution is -2.23. The Morgan fingerprint density at radius 2 is 1.73 bits per heavy atom. The van der Waals surface area contributed by atoms with Crippen molar-refractivity contribution in [2.24, 2.45) is 0 Å². The van der Waals surface area contributed by atoms with E-state index in [2.05, 4.69) is 74.4 Å². The van der Waals surface area contributed by atoms with Crippen molar-refractivity contribution < 1.29 is 4.79 Å². The first-order valence-electron chi connectivity index (χ1n) is 9.44. The molecule has 2 rings (SSSR count). The molecule has 0 atom stereocenters. The van der Waals surface area contributed by atoms with E-state index in [9.17, 15) is 4.79 Å². The van der Waals surface area contributed by atoms with E-state index >= 15 is 0 Å². The molecule has 0 saturated heterocycles. The third-order valence-corrected chi connectivity index (χ3v) is 4.63. The van der Waals surface area contributed by atoms with E-state index < -0.39 is 0 Å². The fourth-order valence-corrected chi connectivity index (χ4v) is 3.12. The minimum absolute atomic E-state index is 0.0367. The van der Waals surface area contributed by atoms with Gasteiger partial charge in [0, 0.05) is 30.2 Å². The number of anilines is 3. The van der Waals surface area contributed by atoms with Gasteiger partial charge in [-0.3, -0.25) is 4.79 Å². The zero-order valence-corrected chi connectivity index (χ0v) is 16.6. The van der Waals surface area contributed by atoms with Crippen LogP contribution in [0.3, 0.4) is 0 Å². The number of hydrogen-bond acceptors (Lipinski definition) is 3. The van der Waals surface area contributed by atoms with Crippen molar-refractivity contribution in [3.05, 3.63) is 53.6 Å². The number of aryl methyl sites for hydroxylation is 1. The average Bonchev–Trinajstić information content (AvgIpc) is 2.62. The number of rotatable bonds is 8. The maximum absolute atomic E-state index is 12.4. The van der Waals surface area contributed by atoms with Crippen LogP contribution in [-0.4, -0.2) is 25.5 Å². The van der Waals surface area contributed by atoms with Gasteiger partial charge in [-0.15, -0.1) is 0 Å². The molecule has 0 unspecified atom stereocenters. The second-order valence-corrected chi connectivity index (χ2v) is 6.82. The molecular weight excluding hydrogens is 322 g/mol. The predicted molar refractivity (Wildman–Crippen MR) is 112 cm³/mol. The molecule has 0 saturated carbocycles. The van der Waals surface area contributed by atoms with Crippen molar-refractivity contribution in [2.75, 3.05) is 35.2 Å². The number of nitrogens with one attached hydrogen (secondary N) is 2. The number of benzene rings is 2. The largest absolute Gasteiger partial charge is 0.376 e. The second kappa shape index (κ2) is 9.27. The Morgan fingerprint density at radius 3 is 2.35 bits per heavy atom. The van der Waals surface area contributed by atoms with Gasteiger partial charge in [0.2, 0.25) is 5.91 Å². The lowest BCUT2D eigenvalue weighted by Gasteiger charge is -2.22. The van der Waals surface area contributed by atoms with Crippen molar-refractivity contribution in [2.45, 2.75) is 40.5 Å². The van der Waals surface area contributed by atoms with Crippen LogP contribution in [0.5, 0.6) is 0 Å². The maximum Gasteiger partial charge on any atom is 0.243 e. The molecule has 0 aromatic heterocycles. The number of carbonyl (C=O) groups excluding carboxylic acids is 1. The van der Waals surface area contributed by atoms with Gasteiger partial charge in [-0.25, -0.2) is 0 Å². The molecular formula is C22H31N3O. The number of amides is 1. The molecule has 0 aliphatic heterocycles. The van der Waals surface area contributed by atoms with Gasteiger partial charge in [0.05, 0.1) is 6.54 Å². The summed E-state index contributed by atoms with van der Waals surface area (Å²) in [5.41, 5.74) is 5.40. The summed E-state index contributed by atoms with van der Waals surface area (Å²) in [7, 11) is 0. The molecule has 2 N–H and O–H groups in total. The quantitative estimate of drug-likeness (QED) is 0.701. The summed E-state index contributed by atoms with van der Waals surface area (Å²) >= 11 is 0. The van der Waals surface area contributed by atoms with Gasteiger partial charge in [-0.05, 0) is 62.1 Å². The standard InChI is InChI=1S/C22H31N3O/c1-6-25(7-2)18-12-13-20(17(5)14-18)23-15-22(26)24-21-11-9-8-10-19(21)16(3)4/h8-14,16,23H,6-7,15H2,1-5H3,(H,24,26). The molecule has 0 aliphatic carbocycles. The molecule has 0 aliphatic rings. The smallest absolute Gasteiger partial charge is 0.243 e. The van der Waals surface area contributed by atoms with Crippen LogP contribution in [-0.2, 0) is 4.79 Å². The van der Waals surface area contributed by atoms with E-state index in [1.54, 1.807) is 0 Å². The lowest BCUT2D eigenvalue weighted by atomic mass is 10.0. The Kier molecular flexibility index (Phi) is 7.07. The van der Waals surface area contributed by atoms with E-state index in [4.69, 9.17) is 0 Å². The molecule has 2 aromatic rings. The first-order valence-corrected chi connectivity index (χ1v) is 9.44. The van der Waals surface area contributed by atoms with Gasteiger partial charge in [-0.2, -0.15) is 0 Å². The molecule has 0 fully saturated rings. The van der Waals surface area contributed by atoms with Crippen molar-refractivity contribution in [3.63, 3.8) is 0 Å². The molecule has 1 amide bonds. The first kappa shape index (κ1) is 19.8. The molecule has 4 nitrogen and oxygen atoms in total. The SMILES string of the molecule is CCN(CC)c1ccc(NCC(=O)Nc2ccccc2C(C)C)c(C)c1. The van der Waals surface area contributed by atoms with Crippen molar-refractivity contribution in [1.29, 1.82) is 0 Å². The normalized spacial score (nSPS) is 10.7. The van der Waals surface area contributed by atoms with Crippen molar-refractivity contribution in [3.8, 4) is 0 Å². The van der Waals surface area contributed by atoms with Crippen LogP contribution in [0.4, 0.5) is 17.1 Å². The summed E-state index contributed by atoms with van der Waals surface area (Å²) in [6.07, 6.45) is 0. The van der Waals surface area contributed by atoms with Crippen LogP contribution in [0, 0.1) is 6.92 Å². The van der Waals surface area contributed by atoms with E-state index in [1.807, 2.05) is 18.2 Å². The van der Waals surface area contributed by atoms with Crippen LogP contribution >= 0.6 is 0 Å². The van der Waals surface area contributed by atoms with E-state index in [-0.39, 0.29) is 12.5 Å². The fourth-order valence-electron chi connectivity index (χ4n) is 3.12. The number of para-hydroxylation sites is 1. The minimum Gasteiger partial charge on any atom is -0.376 e. The monoisotopic (exact) mass is 353 g/mol. The van der Waals surface area contributed by atoms with Gasteiger partial charge >= 0.3 is 0 Å². The molecule has 4 heteroatoms. The summed E-state index contributed by atoms with van der Waals surface area (Å²) in [5, 5.41) is 6.27. The van der Waals surface area contributed by atoms with Crippen LogP contribution in [0.2, 0.25) is 0 Å². The summed E-state index contributed by atoms with van der Waals surface area (Å²) < 4.78 is 0. The Morgan fingerprint density at radius 1 is 1.04 bits per heavy atom. The molecule has 0 heterocycles. The average molecular weight is 354 g/mol. The van der Waals surface area contributed by atoms with Crippen LogP contribution in [0.25, 0.3) is 0 Å². The lowest BCUT2D eigenvalue weighted by molar-refractivity contribution is -0.114. The van der Waals surface area contributed by atoms with Crippen molar-refractivity contribution >= 4 is 23.0 Å². The van der Waals surface area contributed by atoms with Crippen LogP contribution < -0.4 is 15.5 Å². The third-order valence-electron chi connectivity index (χ3n) is 4.63. The van der Waals surface area contributed by atoms with E-state index in [1.165, 1.54) is 5.69 Å². The number of nitrogens with zero attached hydrogens (tertiary/aromatic N) is 1. The van der Waals surface area contributed by atoms with Gasteiger partial charge < -0.3 is 15.5 Å². The summed E-state index contributed by atoms with van der Waals surface area (Å²) in [6.45, 7) is 12.9. The minimum atomic E-state index is -0.0367. The van der Waals surface area contributed by atoms with E-state index in [0.29, 0.717) is 5.92 Å². The summed E-state index contributed by atoms with van der Waals surface area (Å²) in [6, 6.07) is 14.3. The summed E-state index contributed by atoms with van der Waals surface area (Å²) in [4.78, 5) is 14.7. The highest BCUT2D eigenvalue weighted by atomic mass is 16.1. The molecule has 26 heavy (non-hydrogen) atoms. The molecule has 0 radical (unpaired) electrons. The highest BCUT2D eigenvalue weighted by Gasteiger charge is 2.10. The molecule has 0 spiro atoms. The summed E-state index contributed by atoms with van der Waals surface area (Å²) in [5.74, 6) is 0.333. The maximum atomic E-state index is 12.4. The van der Waals surface area contributed by atoms with Gasteiger partial charge in [-0.1, -0.05) is 32.0 Å². The van der Waals surface area contributed by atoms with E-state index in [0.717, 1.165) is 35.6 Å². The Hall–Kier alpha value is -2.49. The highest BCUT2D eigenvalue weighted by Crippen LogP contribution is 2.24. The molecule has 0 bridgehead atoms. The topological polar surface area (TPSA) is 44.4 Å². The second-order valence-electron chi connectivity index (χ2n) is 6.82. The van der Waals surface area contributed by atoms with Crippen LogP contribution in [0.15, 0.2) is 42.5 Å². The number of hydrogen-bond donors (Lipinski definition) is 2. The van der Waals surface area contributed by atoms with Gasteiger partial charge in [0.25, 0.3) is 0 Å². The van der Waals surface area contributed by atoms with Crippen LogP contribution in [0.1, 0.15) is 44.7 Å².